The van der Waals surface area contributed by atoms with Gasteiger partial charge in [0, 0.05) is 28.9 Å². The molecule has 3 rings (SSSR count). The number of carbonyl (C=O) groups is 1. The van der Waals surface area contributed by atoms with Gasteiger partial charge in [0.1, 0.15) is 9.71 Å². The lowest BCUT2D eigenvalue weighted by Crippen LogP contribution is -2.12. The molecule has 3 N–H and O–H groups in total. The fourth-order valence-electron chi connectivity index (χ4n) is 2.59. The molecule has 1 aromatic carbocycles. The number of hydrogen-bond donors (Lipinski definition) is 2. The largest absolute Gasteiger partial charge is 0.397 e. The van der Waals surface area contributed by atoms with E-state index in [4.69, 9.17) is 5.73 Å². The molecule has 0 aliphatic carbocycles. The van der Waals surface area contributed by atoms with Crippen LogP contribution in [0.5, 0.6) is 0 Å². The van der Waals surface area contributed by atoms with Crippen LogP contribution in [-0.4, -0.2) is 15.8 Å². The molecule has 0 bridgehead atoms. The van der Waals surface area contributed by atoms with Crippen LogP contribution >= 0.6 is 11.3 Å². The van der Waals surface area contributed by atoms with Gasteiger partial charge >= 0.3 is 0 Å². The minimum absolute atomic E-state index is 0.0886. The van der Waals surface area contributed by atoms with Crippen molar-refractivity contribution in [2.24, 2.45) is 0 Å². The Morgan fingerprint density at radius 2 is 2.15 bits per heavy atom. The molecule has 0 spiro atoms. The smallest absolute Gasteiger partial charge is 0.271 e. The molecule has 0 unspecified atom stereocenters. The topological polar surface area (TPSA) is 111 Å². The zero-order chi connectivity index (χ0) is 18.7. The second-order valence-corrected chi connectivity index (χ2v) is 6.86. The van der Waals surface area contributed by atoms with E-state index in [0.29, 0.717) is 16.3 Å². The minimum Gasteiger partial charge on any atom is -0.397 e. The van der Waals surface area contributed by atoms with Gasteiger partial charge in [-0.1, -0.05) is 19.4 Å². The van der Waals surface area contributed by atoms with Crippen molar-refractivity contribution in [2.75, 3.05) is 11.1 Å². The van der Waals surface area contributed by atoms with Gasteiger partial charge in [0.25, 0.3) is 11.6 Å². The first-order chi connectivity index (χ1) is 12.5. The molecule has 0 atom stereocenters. The SMILES string of the molecule is CCCCc1ccc2c(N)c(C(=O)Nc3cccc([N+](=O)[O-])c3)sc2n1. The Kier molecular flexibility index (Phi) is 5.13. The first kappa shape index (κ1) is 17.8. The molecule has 0 fully saturated rings. The number of hydrogen-bond acceptors (Lipinski definition) is 6. The van der Waals surface area contributed by atoms with E-state index in [1.165, 1.54) is 29.5 Å². The maximum Gasteiger partial charge on any atom is 0.271 e. The molecule has 3 aromatic rings. The maximum absolute atomic E-state index is 12.6. The Morgan fingerprint density at radius 3 is 2.88 bits per heavy atom. The number of non-ortho nitro benzene ring substituents is 1. The van der Waals surface area contributed by atoms with Gasteiger partial charge < -0.3 is 11.1 Å². The third-order valence-corrected chi connectivity index (χ3v) is 5.07. The van der Waals surface area contributed by atoms with Gasteiger partial charge in [0.2, 0.25) is 0 Å². The van der Waals surface area contributed by atoms with E-state index < -0.39 is 10.8 Å². The van der Waals surface area contributed by atoms with E-state index in [1.807, 2.05) is 12.1 Å². The van der Waals surface area contributed by atoms with Crippen molar-refractivity contribution in [3.63, 3.8) is 0 Å². The number of anilines is 2. The molecule has 2 heterocycles. The van der Waals surface area contributed by atoms with Gasteiger partial charge in [-0.05, 0) is 31.0 Å². The predicted octanol–water partition coefficient (Wildman–Crippen LogP) is 4.38. The Labute approximate surface area is 154 Å². The quantitative estimate of drug-likeness (QED) is 0.494. The van der Waals surface area contributed by atoms with E-state index in [1.54, 1.807) is 6.07 Å². The molecule has 1 amide bonds. The van der Waals surface area contributed by atoms with Crippen molar-refractivity contribution in [3.05, 3.63) is 57.1 Å². The van der Waals surface area contributed by atoms with E-state index in [9.17, 15) is 14.9 Å². The molecule has 26 heavy (non-hydrogen) atoms. The van der Waals surface area contributed by atoms with Crippen LogP contribution in [-0.2, 0) is 6.42 Å². The number of aryl methyl sites for hydroxylation is 1. The molecule has 0 saturated carbocycles. The molecule has 0 saturated heterocycles. The average molecular weight is 370 g/mol. The lowest BCUT2D eigenvalue weighted by Gasteiger charge is -2.04. The van der Waals surface area contributed by atoms with Crippen molar-refractivity contribution < 1.29 is 9.72 Å². The van der Waals surface area contributed by atoms with Gasteiger partial charge in [0.05, 0.1) is 10.6 Å². The van der Waals surface area contributed by atoms with Crippen molar-refractivity contribution in [1.29, 1.82) is 0 Å². The number of carbonyl (C=O) groups excluding carboxylic acids is 1. The number of nitrogens with one attached hydrogen (secondary N) is 1. The second-order valence-electron chi connectivity index (χ2n) is 5.87. The summed E-state index contributed by atoms with van der Waals surface area (Å²) < 4.78 is 0. The zero-order valence-corrected chi connectivity index (χ0v) is 15.0. The van der Waals surface area contributed by atoms with Crippen molar-refractivity contribution in [3.8, 4) is 0 Å². The van der Waals surface area contributed by atoms with Crippen molar-refractivity contribution in [1.82, 2.24) is 4.98 Å². The van der Waals surface area contributed by atoms with Gasteiger partial charge in [0.15, 0.2) is 0 Å². The van der Waals surface area contributed by atoms with E-state index >= 15 is 0 Å². The van der Waals surface area contributed by atoms with Crippen LogP contribution in [0.3, 0.4) is 0 Å². The van der Waals surface area contributed by atoms with Crippen LogP contribution < -0.4 is 11.1 Å². The molecule has 8 heteroatoms. The number of thiophene rings is 1. The van der Waals surface area contributed by atoms with Crippen LogP contribution in [0.4, 0.5) is 17.1 Å². The average Bonchev–Trinajstić information content (AvgIpc) is 2.96. The summed E-state index contributed by atoms with van der Waals surface area (Å²) in [5.74, 6) is -0.402. The fraction of sp³-hybridized carbons (Fsp3) is 0.222. The summed E-state index contributed by atoms with van der Waals surface area (Å²) >= 11 is 1.23. The lowest BCUT2D eigenvalue weighted by molar-refractivity contribution is -0.384. The maximum atomic E-state index is 12.6. The van der Waals surface area contributed by atoms with Crippen molar-refractivity contribution >= 4 is 44.5 Å². The van der Waals surface area contributed by atoms with E-state index in [0.717, 1.165) is 35.2 Å². The number of nitrogens with two attached hydrogens (primary N) is 1. The third-order valence-electron chi connectivity index (χ3n) is 3.96. The molecule has 2 aromatic heterocycles. The number of nitro groups is 1. The summed E-state index contributed by atoms with van der Waals surface area (Å²) in [5.41, 5.74) is 7.74. The Bertz CT molecular complexity index is 984. The number of unbranched alkanes of at least 4 members (excludes halogenated alkanes) is 1. The highest BCUT2D eigenvalue weighted by Crippen LogP contribution is 2.33. The number of nitro benzene ring substituents is 1. The second kappa shape index (κ2) is 7.49. The molecule has 134 valence electrons. The normalized spacial score (nSPS) is 10.8. The number of fused-ring (bicyclic) bond motifs is 1. The lowest BCUT2D eigenvalue weighted by atomic mass is 10.1. The van der Waals surface area contributed by atoms with Crippen LogP contribution in [0.15, 0.2) is 36.4 Å². The van der Waals surface area contributed by atoms with Crippen LogP contribution in [0.25, 0.3) is 10.2 Å². The predicted molar refractivity (Wildman–Crippen MR) is 104 cm³/mol. The monoisotopic (exact) mass is 370 g/mol. The standard InChI is InChI=1S/C18H18N4O3S/c1-2-3-5-11-8-9-14-15(19)16(26-18(14)21-11)17(23)20-12-6-4-7-13(10-12)22(24)25/h4,6-10H,2-3,5,19H2,1H3,(H,20,23). The summed E-state index contributed by atoms with van der Waals surface area (Å²) in [4.78, 5) is 28.6. The van der Waals surface area contributed by atoms with Gasteiger partial charge in [-0.15, -0.1) is 11.3 Å². The molecule has 0 radical (unpaired) electrons. The third kappa shape index (κ3) is 3.65. The summed E-state index contributed by atoms with van der Waals surface area (Å²) in [7, 11) is 0. The van der Waals surface area contributed by atoms with Gasteiger partial charge in [-0.25, -0.2) is 4.98 Å². The first-order valence-electron chi connectivity index (χ1n) is 8.23. The number of nitrogen functional groups attached to an aromatic ring is 1. The summed E-state index contributed by atoms with van der Waals surface area (Å²) in [6.45, 7) is 2.12. The van der Waals surface area contributed by atoms with Crippen molar-refractivity contribution in [2.45, 2.75) is 26.2 Å². The number of amides is 1. The summed E-state index contributed by atoms with van der Waals surface area (Å²) in [5, 5.41) is 14.3. The molecule has 0 aliphatic rings. The Balaban J connectivity index is 1.87. The van der Waals surface area contributed by atoms with Gasteiger partial charge in [-0.2, -0.15) is 0 Å². The number of rotatable bonds is 6. The highest BCUT2D eigenvalue weighted by atomic mass is 32.1. The van der Waals surface area contributed by atoms with E-state index in [-0.39, 0.29) is 5.69 Å². The van der Waals surface area contributed by atoms with Crippen LogP contribution in [0.1, 0.15) is 35.1 Å². The zero-order valence-electron chi connectivity index (χ0n) is 14.2. The first-order valence-corrected chi connectivity index (χ1v) is 9.05. The molecule has 7 nitrogen and oxygen atoms in total. The Morgan fingerprint density at radius 1 is 1.35 bits per heavy atom. The van der Waals surface area contributed by atoms with Gasteiger partial charge in [-0.3, -0.25) is 14.9 Å². The number of nitrogens with zero attached hydrogens (tertiary/aromatic N) is 2. The summed E-state index contributed by atoms with van der Waals surface area (Å²) in [6.07, 6.45) is 3.03. The highest BCUT2D eigenvalue weighted by Gasteiger charge is 2.18. The number of aromatic nitrogens is 1. The molecular weight excluding hydrogens is 352 g/mol. The number of pyridine rings is 1. The molecular formula is C18H18N4O3S. The summed E-state index contributed by atoms with van der Waals surface area (Å²) in [6, 6.07) is 9.61. The number of benzene rings is 1. The minimum atomic E-state index is -0.509. The fourth-order valence-corrected chi connectivity index (χ4v) is 3.59. The van der Waals surface area contributed by atoms with Crippen LogP contribution in [0, 0.1) is 10.1 Å². The molecule has 0 aliphatic heterocycles. The Hall–Kier alpha value is -3.00. The highest BCUT2D eigenvalue weighted by molar-refractivity contribution is 7.21. The van der Waals surface area contributed by atoms with Crippen LogP contribution in [0.2, 0.25) is 0 Å². The van der Waals surface area contributed by atoms with E-state index in [2.05, 4.69) is 17.2 Å².